The fourth-order valence-corrected chi connectivity index (χ4v) is 6.05. The van der Waals surface area contributed by atoms with Crippen molar-refractivity contribution in [1.29, 1.82) is 0 Å². The van der Waals surface area contributed by atoms with E-state index in [2.05, 4.69) is 39.0 Å². The van der Waals surface area contributed by atoms with E-state index in [-0.39, 0.29) is 18.1 Å². The molecule has 180 valence electrons. The summed E-state index contributed by atoms with van der Waals surface area (Å²) in [7, 11) is 0. The van der Waals surface area contributed by atoms with Crippen molar-refractivity contribution in [3.05, 3.63) is 71.3 Å². The van der Waals surface area contributed by atoms with Crippen LogP contribution < -0.4 is 0 Å². The van der Waals surface area contributed by atoms with Gasteiger partial charge in [0, 0.05) is 38.3 Å². The van der Waals surface area contributed by atoms with Crippen LogP contribution in [0.2, 0.25) is 0 Å². The highest BCUT2D eigenvalue weighted by Gasteiger charge is 2.45. The lowest BCUT2D eigenvalue weighted by molar-refractivity contribution is 0.0696. The number of nitrogens with zero attached hydrogens (tertiary/aromatic N) is 3. The molecule has 2 aliphatic heterocycles. The van der Waals surface area contributed by atoms with E-state index in [1.165, 1.54) is 24.8 Å². The number of urea groups is 1. The lowest BCUT2D eigenvalue weighted by Crippen LogP contribution is -2.48. The number of carboxylic acid groups (broad SMARTS) is 1. The molecular formula is C28H35N3O3. The molecule has 6 nitrogen and oxygen atoms in total. The van der Waals surface area contributed by atoms with Gasteiger partial charge in [-0.2, -0.15) is 0 Å². The zero-order chi connectivity index (χ0) is 23.5. The highest BCUT2D eigenvalue weighted by molar-refractivity contribution is 5.87. The molecule has 2 saturated heterocycles. The van der Waals surface area contributed by atoms with Gasteiger partial charge in [-0.25, -0.2) is 9.59 Å². The molecule has 3 fully saturated rings. The van der Waals surface area contributed by atoms with Gasteiger partial charge in [0.15, 0.2) is 0 Å². The van der Waals surface area contributed by atoms with Gasteiger partial charge in [-0.3, -0.25) is 4.90 Å². The van der Waals surface area contributed by atoms with Crippen LogP contribution in [0.1, 0.15) is 72.5 Å². The van der Waals surface area contributed by atoms with E-state index in [1.54, 1.807) is 12.1 Å². The van der Waals surface area contributed by atoms with Gasteiger partial charge in [0.2, 0.25) is 0 Å². The van der Waals surface area contributed by atoms with Crippen LogP contribution in [0.5, 0.6) is 0 Å². The Labute approximate surface area is 202 Å². The molecule has 3 aliphatic rings. The van der Waals surface area contributed by atoms with Crippen molar-refractivity contribution in [3.8, 4) is 0 Å². The van der Waals surface area contributed by atoms with Crippen molar-refractivity contribution < 1.29 is 14.7 Å². The van der Waals surface area contributed by atoms with Crippen LogP contribution in [0.4, 0.5) is 4.79 Å². The van der Waals surface area contributed by atoms with Crippen LogP contribution in [-0.4, -0.2) is 63.5 Å². The number of aromatic carboxylic acids is 1. The van der Waals surface area contributed by atoms with Crippen LogP contribution in [0, 0.1) is 0 Å². The minimum Gasteiger partial charge on any atom is -0.478 e. The summed E-state index contributed by atoms with van der Waals surface area (Å²) in [5.41, 5.74) is 2.70. The number of carbonyl (C=O) groups is 2. The molecule has 2 heterocycles. The summed E-state index contributed by atoms with van der Waals surface area (Å²) in [6.07, 6.45) is 7.98. The summed E-state index contributed by atoms with van der Waals surface area (Å²) < 4.78 is 0. The first-order chi connectivity index (χ1) is 16.6. The van der Waals surface area contributed by atoms with Crippen molar-refractivity contribution in [2.75, 3.05) is 19.6 Å². The number of rotatable bonds is 6. The molecule has 1 unspecified atom stereocenters. The second-order valence-corrected chi connectivity index (χ2v) is 10.1. The predicted octanol–water partition coefficient (Wildman–Crippen LogP) is 5.16. The van der Waals surface area contributed by atoms with E-state index in [0.29, 0.717) is 11.6 Å². The SMILES string of the molecule is O=C(O)c1ccc(CN2CCC(N3C(=O)N(C4CCCCC4)CC3c3ccccc3)CC2)cc1. The monoisotopic (exact) mass is 461 g/mol. The van der Waals surface area contributed by atoms with Gasteiger partial charge >= 0.3 is 12.0 Å². The third-order valence-corrected chi connectivity index (χ3v) is 7.93. The number of piperidine rings is 1. The normalized spacial score (nSPS) is 22.9. The van der Waals surface area contributed by atoms with E-state index in [1.807, 2.05) is 18.2 Å². The van der Waals surface area contributed by atoms with E-state index >= 15 is 0 Å². The number of carbonyl (C=O) groups excluding carboxylic acids is 1. The molecule has 2 aromatic carbocycles. The number of hydrogen-bond acceptors (Lipinski definition) is 3. The van der Waals surface area contributed by atoms with E-state index in [0.717, 1.165) is 57.4 Å². The first-order valence-electron chi connectivity index (χ1n) is 12.8. The maximum atomic E-state index is 13.7. The largest absolute Gasteiger partial charge is 0.478 e. The third kappa shape index (κ3) is 4.83. The van der Waals surface area contributed by atoms with Gasteiger partial charge < -0.3 is 14.9 Å². The van der Waals surface area contributed by atoms with Crippen LogP contribution >= 0.6 is 0 Å². The molecular weight excluding hydrogens is 426 g/mol. The molecule has 2 amide bonds. The Morgan fingerprint density at radius 1 is 0.853 bits per heavy atom. The van der Waals surface area contributed by atoms with Crippen molar-refractivity contribution in [1.82, 2.24) is 14.7 Å². The van der Waals surface area contributed by atoms with Crippen LogP contribution in [0.3, 0.4) is 0 Å². The Morgan fingerprint density at radius 3 is 2.18 bits per heavy atom. The van der Waals surface area contributed by atoms with Crippen molar-refractivity contribution >= 4 is 12.0 Å². The Kier molecular flexibility index (Phi) is 6.86. The molecule has 1 N–H and O–H groups in total. The molecule has 0 spiro atoms. The average Bonchev–Trinajstić information content (AvgIpc) is 3.23. The van der Waals surface area contributed by atoms with Gasteiger partial charge in [-0.1, -0.05) is 61.7 Å². The first kappa shape index (κ1) is 22.9. The molecule has 0 bridgehead atoms. The van der Waals surface area contributed by atoms with Crippen molar-refractivity contribution in [2.45, 2.75) is 69.6 Å². The molecule has 6 heteroatoms. The molecule has 1 atom stereocenters. The summed E-state index contributed by atoms with van der Waals surface area (Å²) in [6, 6.07) is 18.8. The van der Waals surface area contributed by atoms with Crippen molar-refractivity contribution in [3.63, 3.8) is 0 Å². The Morgan fingerprint density at radius 2 is 1.53 bits per heavy atom. The number of benzene rings is 2. The number of amides is 2. The molecule has 5 rings (SSSR count). The lowest BCUT2D eigenvalue weighted by Gasteiger charge is -2.39. The topological polar surface area (TPSA) is 64.1 Å². The van der Waals surface area contributed by atoms with Crippen molar-refractivity contribution in [2.24, 2.45) is 0 Å². The Bertz CT molecular complexity index is 980. The average molecular weight is 462 g/mol. The van der Waals surface area contributed by atoms with Gasteiger partial charge in [-0.05, 0) is 48.9 Å². The van der Waals surface area contributed by atoms with Crippen LogP contribution in [0.25, 0.3) is 0 Å². The highest BCUT2D eigenvalue weighted by atomic mass is 16.4. The highest BCUT2D eigenvalue weighted by Crippen LogP contribution is 2.38. The maximum Gasteiger partial charge on any atom is 0.335 e. The number of carboxylic acids is 1. The molecule has 0 aromatic heterocycles. The molecule has 1 saturated carbocycles. The van der Waals surface area contributed by atoms with Gasteiger partial charge in [-0.15, -0.1) is 0 Å². The Hall–Kier alpha value is -2.86. The molecule has 34 heavy (non-hydrogen) atoms. The fourth-order valence-electron chi connectivity index (χ4n) is 6.05. The van der Waals surface area contributed by atoms with E-state index in [4.69, 9.17) is 5.11 Å². The van der Waals surface area contributed by atoms with Crippen LogP contribution in [-0.2, 0) is 6.54 Å². The Balaban J connectivity index is 1.26. The smallest absolute Gasteiger partial charge is 0.335 e. The van der Waals surface area contributed by atoms with Crippen LogP contribution in [0.15, 0.2) is 54.6 Å². The zero-order valence-electron chi connectivity index (χ0n) is 19.8. The van der Waals surface area contributed by atoms with E-state index in [9.17, 15) is 9.59 Å². The minimum atomic E-state index is -0.891. The first-order valence-corrected chi connectivity index (χ1v) is 12.8. The maximum absolute atomic E-state index is 13.7. The quantitative estimate of drug-likeness (QED) is 0.645. The zero-order valence-corrected chi connectivity index (χ0v) is 19.8. The minimum absolute atomic E-state index is 0.135. The predicted molar refractivity (Wildman–Crippen MR) is 132 cm³/mol. The second kappa shape index (κ2) is 10.2. The van der Waals surface area contributed by atoms with Gasteiger partial charge in [0.05, 0.1) is 11.6 Å². The number of likely N-dealkylation sites (tertiary alicyclic amines) is 1. The summed E-state index contributed by atoms with van der Waals surface area (Å²) in [4.78, 5) is 31.7. The molecule has 0 radical (unpaired) electrons. The molecule has 2 aromatic rings. The fraction of sp³-hybridized carbons (Fsp3) is 0.500. The summed E-state index contributed by atoms with van der Waals surface area (Å²) in [5, 5.41) is 9.11. The second-order valence-electron chi connectivity index (χ2n) is 10.1. The third-order valence-electron chi connectivity index (χ3n) is 7.93. The lowest BCUT2D eigenvalue weighted by atomic mass is 9.94. The standard InChI is InChI=1S/C28H35N3O3/c32-27(33)23-13-11-21(12-14-23)19-29-17-15-25(16-18-29)31-26(22-7-3-1-4-8-22)20-30(28(31)34)24-9-5-2-6-10-24/h1,3-4,7-8,11-14,24-26H,2,5-6,9-10,15-20H2,(H,32,33). The summed E-state index contributed by atoms with van der Waals surface area (Å²) >= 11 is 0. The molecule has 1 aliphatic carbocycles. The summed E-state index contributed by atoms with van der Waals surface area (Å²) in [5.74, 6) is -0.891. The van der Waals surface area contributed by atoms with E-state index < -0.39 is 5.97 Å². The number of hydrogen-bond donors (Lipinski definition) is 1. The summed E-state index contributed by atoms with van der Waals surface area (Å²) in [6.45, 7) is 3.51. The van der Waals surface area contributed by atoms with Gasteiger partial charge in [0.1, 0.15) is 0 Å². The van der Waals surface area contributed by atoms with Gasteiger partial charge in [0.25, 0.3) is 0 Å².